The first kappa shape index (κ1) is 15.6. The van der Waals surface area contributed by atoms with Gasteiger partial charge in [0.05, 0.1) is 18.1 Å². The molecule has 0 bridgehead atoms. The predicted octanol–water partition coefficient (Wildman–Crippen LogP) is 3.51. The first-order chi connectivity index (χ1) is 10.00. The summed E-state index contributed by atoms with van der Waals surface area (Å²) in [5, 5.41) is 0. The first-order valence-electron chi connectivity index (χ1n) is 6.97. The highest BCUT2D eigenvalue weighted by atomic mass is 32.2. The van der Waals surface area contributed by atoms with Crippen LogP contribution in [-0.4, -0.2) is 15.0 Å². The van der Waals surface area contributed by atoms with Crippen molar-refractivity contribution in [2.75, 3.05) is 6.61 Å². The van der Waals surface area contributed by atoms with Crippen LogP contribution < -0.4 is 4.74 Å². The summed E-state index contributed by atoms with van der Waals surface area (Å²) in [4.78, 5) is 0. The topological polar surface area (TPSA) is 43.4 Å². The summed E-state index contributed by atoms with van der Waals surface area (Å²) >= 11 is 0. The molecule has 0 aromatic heterocycles. The van der Waals surface area contributed by atoms with E-state index in [0.29, 0.717) is 17.9 Å². The smallest absolute Gasteiger partial charge is 0.158 e. The van der Waals surface area contributed by atoms with Crippen molar-refractivity contribution in [3.8, 4) is 5.75 Å². The fourth-order valence-electron chi connectivity index (χ4n) is 2.26. The van der Waals surface area contributed by atoms with Crippen LogP contribution in [0.4, 0.5) is 0 Å². The van der Waals surface area contributed by atoms with Crippen molar-refractivity contribution in [1.82, 2.24) is 0 Å². The van der Waals surface area contributed by atoms with E-state index in [9.17, 15) is 8.42 Å². The van der Waals surface area contributed by atoms with E-state index >= 15 is 0 Å². The van der Waals surface area contributed by atoms with E-state index in [2.05, 4.69) is 0 Å². The second-order valence-corrected chi connectivity index (χ2v) is 7.13. The standard InChI is InChI=1S/C17H20O3S/c1-3-20-17-10-5-4-9-16(17)13-21(18,19)12-15-8-6-7-14(2)11-15/h4-11H,3,12-13H2,1-2H3. The second kappa shape index (κ2) is 6.76. The Morgan fingerprint density at radius 3 is 2.48 bits per heavy atom. The van der Waals surface area contributed by atoms with Gasteiger partial charge in [0.2, 0.25) is 0 Å². The molecule has 0 amide bonds. The van der Waals surface area contributed by atoms with Gasteiger partial charge in [-0.15, -0.1) is 0 Å². The van der Waals surface area contributed by atoms with Crippen molar-refractivity contribution in [3.63, 3.8) is 0 Å². The summed E-state index contributed by atoms with van der Waals surface area (Å²) < 4.78 is 30.3. The molecule has 0 fully saturated rings. The number of aryl methyl sites for hydroxylation is 1. The Hall–Kier alpha value is -1.81. The maximum atomic E-state index is 12.4. The molecule has 0 aliphatic rings. The van der Waals surface area contributed by atoms with E-state index in [0.717, 1.165) is 11.1 Å². The quantitative estimate of drug-likeness (QED) is 0.820. The molecule has 0 aliphatic carbocycles. The molecule has 0 radical (unpaired) electrons. The molecule has 0 saturated heterocycles. The van der Waals surface area contributed by atoms with Gasteiger partial charge in [-0.05, 0) is 25.5 Å². The number of rotatable bonds is 6. The molecule has 2 aromatic carbocycles. The molecule has 4 heteroatoms. The third-order valence-corrected chi connectivity index (χ3v) is 4.64. The summed E-state index contributed by atoms with van der Waals surface area (Å²) in [6.45, 7) is 4.37. The number of ether oxygens (including phenoxy) is 1. The zero-order valence-corrected chi connectivity index (χ0v) is 13.2. The third-order valence-electron chi connectivity index (χ3n) is 3.12. The molecule has 0 saturated carbocycles. The Kier molecular flexibility index (Phi) is 5.02. The van der Waals surface area contributed by atoms with E-state index in [1.807, 2.05) is 50.2 Å². The summed E-state index contributed by atoms with van der Waals surface area (Å²) in [6.07, 6.45) is 0. The van der Waals surface area contributed by atoms with Crippen LogP contribution in [0.15, 0.2) is 48.5 Å². The van der Waals surface area contributed by atoms with Crippen LogP contribution in [0, 0.1) is 6.92 Å². The van der Waals surface area contributed by atoms with Gasteiger partial charge in [-0.2, -0.15) is 0 Å². The van der Waals surface area contributed by atoms with E-state index < -0.39 is 9.84 Å². The molecule has 2 aromatic rings. The molecule has 0 spiro atoms. The van der Waals surface area contributed by atoms with Gasteiger partial charge in [-0.3, -0.25) is 0 Å². The molecule has 0 unspecified atom stereocenters. The Balaban J connectivity index is 2.18. The van der Waals surface area contributed by atoms with Gasteiger partial charge in [0.25, 0.3) is 0 Å². The summed E-state index contributed by atoms with van der Waals surface area (Å²) in [7, 11) is -3.23. The lowest BCUT2D eigenvalue weighted by atomic mass is 10.2. The maximum Gasteiger partial charge on any atom is 0.158 e. The molecule has 0 N–H and O–H groups in total. The molecule has 112 valence electrons. The number of para-hydroxylation sites is 1. The highest BCUT2D eigenvalue weighted by Crippen LogP contribution is 2.22. The van der Waals surface area contributed by atoms with Crippen LogP contribution in [0.3, 0.4) is 0 Å². The van der Waals surface area contributed by atoms with Crippen LogP contribution in [0.25, 0.3) is 0 Å². The van der Waals surface area contributed by atoms with E-state index in [1.165, 1.54) is 0 Å². The van der Waals surface area contributed by atoms with Crippen LogP contribution in [-0.2, 0) is 21.3 Å². The molecule has 3 nitrogen and oxygen atoms in total. The lowest BCUT2D eigenvalue weighted by Gasteiger charge is -2.10. The van der Waals surface area contributed by atoms with Crippen molar-refractivity contribution in [3.05, 3.63) is 65.2 Å². The fourth-order valence-corrected chi connectivity index (χ4v) is 3.77. The largest absolute Gasteiger partial charge is 0.494 e. The molecule has 2 rings (SSSR count). The van der Waals surface area contributed by atoms with Crippen molar-refractivity contribution in [1.29, 1.82) is 0 Å². The highest BCUT2D eigenvalue weighted by molar-refractivity contribution is 7.89. The van der Waals surface area contributed by atoms with Gasteiger partial charge < -0.3 is 4.74 Å². The lowest BCUT2D eigenvalue weighted by Crippen LogP contribution is -2.09. The van der Waals surface area contributed by atoms with Crippen molar-refractivity contribution in [2.24, 2.45) is 0 Å². The summed E-state index contributed by atoms with van der Waals surface area (Å²) in [6, 6.07) is 14.9. The Morgan fingerprint density at radius 1 is 1.00 bits per heavy atom. The minimum atomic E-state index is -3.23. The van der Waals surface area contributed by atoms with Gasteiger partial charge >= 0.3 is 0 Å². The predicted molar refractivity (Wildman–Crippen MR) is 85.1 cm³/mol. The van der Waals surface area contributed by atoms with Crippen LogP contribution in [0.5, 0.6) is 5.75 Å². The van der Waals surface area contributed by atoms with Gasteiger partial charge in [0.15, 0.2) is 9.84 Å². The van der Waals surface area contributed by atoms with Crippen LogP contribution in [0.2, 0.25) is 0 Å². The van der Waals surface area contributed by atoms with Gasteiger partial charge in [-0.25, -0.2) is 8.42 Å². The minimum Gasteiger partial charge on any atom is -0.494 e. The number of hydrogen-bond donors (Lipinski definition) is 0. The van der Waals surface area contributed by atoms with Crippen molar-refractivity contribution in [2.45, 2.75) is 25.4 Å². The summed E-state index contributed by atoms with van der Waals surface area (Å²) in [5.41, 5.74) is 2.60. The van der Waals surface area contributed by atoms with Crippen molar-refractivity contribution < 1.29 is 13.2 Å². The zero-order chi connectivity index (χ0) is 15.3. The Morgan fingerprint density at radius 2 is 1.76 bits per heavy atom. The van der Waals surface area contributed by atoms with E-state index in [1.54, 1.807) is 12.1 Å². The Bertz CT molecular complexity index is 705. The maximum absolute atomic E-state index is 12.4. The van der Waals surface area contributed by atoms with Gasteiger partial charge in [0.1, 0.15) is 5.75 Å². The summed E-state index contributed by atoms with van der Waals surface area (Å²) in [5.74, 6) is 0.694. The molecule has 21 heavy (non-hydrogen) atoms. The number of sulfone groups is 1. The Labute approximate surface area is 126 Å². The minimum absolute atomic E-state index is 0.00286. The molecule has 0 heterocycles. The fraction of sp³-hybridized carbons (Fsp3) is 0.294. The van der Waals surface area contributed by atoms with E-state index in [-0.39, 0.29) is 11.5 Å². The lowest BCUT2D eigenvalue weighted by molar-refractivity contribution is 0.337. The zero-order valence-electron chi connectivity index (χ0n) is 12.4. The third kappa shape index (κ3) is 4.60. The van der Waals surface area contributed by atoms with Crippen LogP contribution in [0.1, 0.15) is 23.6 Å². The first-order valence-corrected chi connectivity index (χ1v) is 8.79. The average molecular weight is 304 g/mol. The van der Waals surface area contributed by atoms with Crippen LogP contribution >= 0.6 is 0 Å². The average Bonchev–Trinajstić information content (AvgIpc) is 2.40. The second-order valence-electron chi connectivity index (χ2n) is 5.06. The molecule has 0 aliphatic heterocycles. The number of hydrogen-bond acceptors (Lipinski definition) is 3. The molecular weight excluding hydrogens is 284 g/mol. The van der Waals surface area contributed by atoms with Gasteiger partial charge in [0, 0.05) is 5.56 Å². The monoisotopic (exact) mass is 304 g/mol. The molecule has 0 atom stereocenters. The van der Waals surface area contributed by atoms with Gasteiger partial charge in [-0.1, -0.05) is 48.0 Å². The number of benzene rings is 2. The van der Waals surface area contributed by atoms with Crippen molar-refractivity contribution >= 4 is 9.84 Å². The normalized spacial score (nSPS) is 11.3. The van der Waals surface area contributed by atoms with E-state index in [4.69, 9.17) is 4.74 Å². The molecular formula is C17H20O3S. The highest BCUT2D eigenvalue weighted by Gasteiger charge is 2.16. The SMILES string of the molecule is CCOc1ccccc1CS(=O)(=O)Cc1cccc(C)c1.